The van der Waals surface area contributed by atoms with E-state index in [2.05, 4.69) is 33.5 Å². The largest absolute Gasteiger partial charge is 0.271 e. The van der Waals surface area contributed by atoms with Crippen LogP contribution in [-0.2, 0) is 0 Å². The Balaban J connectivity index is 1.90. The summed E-state index contributed by atoms with van der Waals surface area (Å²) in [6.07, 6.45) is 3.87. The molecule has 0 spiro atoms. The van der Waals surface area contributed by atoms with Gasteiger partial charge in [0.1, 0.15) is 5.82 Å². The minimum atomic E-state index is -0.349. The van der Waals surface area contributed by atoms with E-state index in [0.29, 0.717) is 16.0 Å². The molecule has 0 bridgehead atoms. The maximum absolute atomic E-state index is 14.3. The first-order chi connectivity index (χ1) is 10.2. The monoisotopic (exact) mass is 348 g/mol. The Morgan fingerprint density at radius 3 is 2.43 bits per heavy atom. The number of hydrogen-bond donors (Lipinski definition) is 2. The zero-order chi connectivity index (χ0) is 14.8. The first-order valence-corrected chi connectivity index (χ1v) is 8.00. The Hall–Kier alpha value is -1.23. The zero-order valence-corrected chi connectivity index (χ0v) is 13.2. The van der Waals surface area contributed by atoms with Crippen molar-refractivity contribution in [3.05, 3.63) is 69.4 Å². The second kappa shape index (κ2) is 6.26. The standard InChI is InChI=1S/C17H18BrFN2/c18-15-6-2-5-14(16(15)19)17(21-20)13-9-7-12(8-10-13)11-3-1-4-11/h2,5-11,17,21H,1,3-4,20H2. The topological polar surface area (TPSA) is 38.0 Å². The predicted molar refractivity (Wildman–Crippen MR) is 86.3 cm³/mol. The van der Waals surface area contributed by atoms with Crippen molar-refractivity contribution in [2.24, 2.45) is 5.84 Å². The van der Waals surface area contributed by atoms with Crippen LogP contribution in [0.25, 0.3) is 0 Å². The van der Waals surface area contributed by atoms with Gasteiger partial charge in [0, 0.05) is 5.56 Å². The van der Waals surface area contributed by atoms with Gasteiger partial charge in [-0.25, -0.2) is 9.82 Å². The maximum Gasteiger partial charge on any atom is 0.142 e. The molecule has 2 aromatic carbocycles. The Kier molecular flexibility index (Phi) is 4.38. The van der Waals surface area contributed by atoms with E-state index in [1.165, 1.54) is 24.8 Å². The molecule has 3 rings (SSSR count). The summed E-state index contributed by atoms with van der Waals surface area (Å²) in [6, 6.07) is 13.3. The summed E-state index contributed by atoms with van der Waals surface area (Å²) in [7, 11) is 0. The minimum absolute atomic E-state index is 0.275. The summed E-state index contributed by atoms with van der Waals surface area (Å²) in [6.45, 7) is 0. The van der Waals surface area contributed by atoms with E-state index in [4.69, 9.17) is 5.84 Å². The average molecular weight is 349 g/mol. The molecule has 0 amide bonds. The Bertz CT molecular complexity index is 623. The molecule has 0 radical (unpaired) electrons. The van der Waals surface area contributed by atoms with Crippen LogP contribution in [0, 0.1) is 5.82 Å². The van der Waals surface area contributed by atoms with Crippen molar-refractivity contribution in [2.75, 3.05) is 0 Å². The van der Waals surface area contributed by atoms with Gasteiger partial charge >= 0.3 is 0 Å². The molecule has 1 aliphatic carbocycles. The van der Waals surface area contributed by atoms with Gasteiger partial charge < -0.3 is 0 Å². The van der Waals surface area contributed by atoms with Gasteiger partial charge in [-0.05, 0) is 51.9 Å². The van der Waals surface area contributed by atoms with E-state index < -0.39 is 0 Å². The number of halogens is 2. The van der Waals surface area contributed by atoms with Crippen molar-refractivity contribution in [2.45, 2.75) is 31.2 Å². The van der Waals surface area contributed by atoms with Crippen molar-refractivity contribution in [3.63, 3.8) is 0 Å². The molecule has 0 heterocycles. The second-order valence-corrected chi connectivity index (χ2v) is 6.39. The third-order valence-electron chi connectivity index (χ3n) is 4.31. The number of nitrogens with one attached hydrogen (secondary N) is 1. The predicted octanol–water partition coefficient (Wildman–Crippen LogP) is 4.41. The third kappa shape index (κ3) is 2.89. The molecule has 21 heavy (non-hydrogen) atoms. The van der Waals surface area contributed by atoms with E-state index in [9.17, 15) is 4.39 Å². The lowest BCUT2D eigenvalue weighted by molar-refractivity contribution is 0.419. The van der Waals surface area contributed by atoms with Crippen molar-refractivity contribution < 1.29 is 4.39 Å². The van der Waals surface area contributed by atoms with Gasteiger partial charge in [-0.1, -0.05) is 42.8 Å². The second-order valence-electron chi connectivity index (χ2n) is 5.54. The molecule has 0 saturated heterocycles. The lowest BCUT2D eigenvalue weighted by Crippen LogP contribution is -2.29. The minimum Gasteiger partial charge on any atom is -0.271 e. The molecule has 110 valence electrons. The summed E-state index contributed by atoms with van der Waals surface area (Å²) < 4.78 is 14.7. The molecule has 0 aliphatic heterocycles. The first-order valence-electron chi connectivity index (χ1n) is 7.20. The quantitative estimate of drug-likeness (QED) is 0.634. The molecule has 1 unspecified atom stereocenters. The third-order valence-corrected chi connectivity index (χ3v) is 4.92. The van der Waals surface area contributed by atoms with Crippen LogP contribution in [-0.4, -0.2) is 0 Å². The summed E-state index contributed by atoms with van der Waals surface area (Å²) >= 11 is 3.22. The van der Waals surface area contributed by atoms with Gasteiger partial charge in [0.05, 0.1) is 10.5 Å². The van der Waals surface area contributed by atoms with Gasteiger partial charge in [0.25, 0.3) is 0 Å². The van der Waals surface area contributed by atoms with Crippen molar-refractivity contribution in [3.8, 4) is 0 Å². The average Bonchev–Trinajstić information content (AvgIpc) is 2.44. The molecular weight excluding hydrogens is 331 g/mol. The SMILES string of the molecule is NNC(c1ccc(C2CCC2)cc1)c1cccc(Br)c1F. The van der Waals surface area contributed by atoms with E-state index >= 15 is 0 Å². The normalized spacial score (nSPS) is 16.5. The fourth-order valence-electron chi connectivity index (χ4n) is 2.81. The fourth-order valence-corrected chi connectivity index (χ4v) is 3.19. The highest BCUT2D eigenvalue weighted by molar-refractivity contribution is 9.10. The highest BCUT2D eigenvalue weighted by atomic mass is 79.9. The lowest BCUT2D eigenvalue weighted by Gasteiger charge is -2.26. The van der Waals surface area contributed by atoms with Crippen LogP contribution in [0.4, 0.5) is 4.39 Å². The van der Waals surface area contributed by atoms with Gasteiger partial charge in [-0.15, -0.1) is 0 Å². The summed E-state index contributed by atoms with van der Waals surface area (Å²) in [5.41, 5.74) is 5.60. The van der Waals surface area contributed by atoms with Gasteiger partial charge in [0.2, 0.25) is 0 Å². The van der Waals surface area contributed by atoms with Crippen LogP contribution in [0.2, 0.25) is 0 Å². The van der Waals surface area contributed by atoms with Crippen LogP contribution in [0.5, 0.6) is 0 Å². The smallest absolute Gasteiger partial charge is 0.142 e. The molecule has 0 aromatic heterocycles. The Morgan fingerprint density at radius 2 is 1.86 bits per heavy atom. The van der Waals surface area contributed by atoms with Crippen molar-refractivity contribution in [1.29, 1.82) is 0 Å². The molecule has 3 N–H and O–H groups in total. The molecule has 4 heteroatoms. The van der Waals surface area contributed by atoms with Crippen molar-refractivity contribution in [1.82, 2.24) is 5.43 Å². The molecule has 1 fully saturated rings. The van der Waals surface area contributed by atoms with Gasteiger partial charge in [0.15, 0.2) is 0 Å². The number of hydrazine groups is 1. The van der Waals surface area contributed by atoms with Crippen LogP contribution in [0.3, 0.4) is 0 Å². The number of rotatable bonds is 4. The molecule has 2 nitrogen and oxygen atoms in total. The summed E-state index contributed by atoms with van der Waals surface area (Å²) in [5.74, 6) is 6.08. The molecule has 1 atom stereocenters. The van der Waals surface area contributed by atoms with Crippen LogP contribution in [0.15, 0.2) is 46.9 Å². The van der Waals surface area contributed by atoms with Crippen LogP contribution >= 0.6 is 15.9 Å². The van der Waals surface area contributed by atoms with E-state index in [1.807, 2.05) is 18.2 Å². The zero-order valence-electron chi connectivity index (χ0n) is 11.7. The first kappa shape index (κ1) is 14.7. The highest BCUT2D eigenvalue weighted by Gasteiger charge is 2.21. The molecule has 1 aliphatic rings. The highest BCUT2D eigenvalue weighted by Crippen LogP contribution is 2.37. The molecule has 1 saturated carbocycles. The van der Waals surface area contributed by atoms with E-state index in [0.717, 1.165) is 5.56 Å². The number of benzene rings is 2. The lowest BCUT2D eigenvalue weighted by atomic mass is 9.79. The van der Waals surface area contributed by atoms with Gasteiger partial charge in [-0.3, -0.25) is 5.84 Å². The molecule has 2 aromatic rings. The van der Waals surface area contributed by atoms with Crippen LogP contribution in [0.1, 0.15) is 47.9 Å². The van der Waals surface area contributed by atoms with Gasteiger partial charge in [-0.2, -0.15) is 0 Å². The fraction of sp³-hybridized carbons (Fsp3) is 0.294. The van der Waals surface area contributed by atoms with Crippen LogP contribution < -0.4 is 11.3 Å². The van der Waals surface area contributed by atoms with Crippen molar-refractivity contribution >= 4 is 15.9 Å². The number of hydrogen-bond acceptors (Lipinski definition) is 2. The van der Waals surface area contributed by atoms with E-state index in [1.54, 1.807) is 12.1 Å². The Morgan fingerprint density at radius 1 is 1.14 bits per heavy atom. The summed E-state index contributed by atoms with van der Waals surface area (Å²) in [5, 5.41) is 0. The maximum atomic E-state index is 14.3. The van der Waals surface area contributed by atoms with E-state index in [-0.39, 0.29) is 11.9 Å². The number of nitrogens with two attached hydrogens (primary N) is 1. The Labute approximate surface area is 132 Å². The molecular formula is C17H18BrFN2. The summed E-state index contributed by atoms with van der Waals surface area (Å²) in [4.78, 5) is 0.